The third-order valence-electron chi connectivity index (χ3n) is 4.43. The van der Waals surface area contributed by atoms with E-state index in [-0.39, 0.29) is 17.2 Å². The standard InChI is InChI=1S/C21H24N2O2S/c1-3-8-19(24)22-17-11-7-10-16(13-17)21-23(20(25)14-26-21)18-12-6-5-9-15(18)4-2/h5-7,9-13,21H,3-4,8,14H2,1-2H3,(H,22,24). The first kappa shape index (κ1) is 18.5. The normalized spacial score (nSPS) is 16.8. The fourth-order valence-electron chi connectivity index (χ4n) is 3.20. The van der Waals surface area contributed by atoms with Gasteiger partial charge in [0.25, 0.3) is 0 Å². The largest absolute Gasteiger partial charge is 0.326 e. The number of rotatable bonds is 6. The van der Waals surface area contributed by atoms with Crippen LogP contribution in [0.1, 0.15) is 43.2 Å². The van der Waals surface area contributed by atoms with E-state index in [2.05, 4.69) is 18.3 Å². The van der Waals surface area contributed by atoms with Gasteiger partial charge in [-0.15, -0.1) is 11.8 Å². The summed E-state index contributed by atoms with van der Waals surface area (Å²) in [5.74, 6) is 0.615. The Morgan fingerprint density at radius 3 is 2.77 bits per heavy atom. The Morgan fingerprint density at radius 1 is 1.19 bits per heavy atom. The molecule has 1 atom stereocenters. The number of hydrogen-bond acceptors (Lipinski definition) is 3. The molecule has 1 N–H and O–H groups in total. The Morgan fingerprint density at radius 2 is 2.00 bits per heavy atom. The summed E-state index contributed by atoms with van der Waals surface area (Å²) in [6.45, 7) is 4.09. The quantitative estimate of drug-likeness (QED) is 0.799. The van der Waals surface area contributed by atoms with Gasteiger partial charge in [-0.2, -0.15) is 0 Å². The maximum absolute atomic E-state index is 12.6. The maximum Gasteiger partial charge on any atom is 0.238 e. The molecule has 5 heteroatoms. The van der Waals surface area contributed by atoms with Crippen molar-refractivity contribution in [1.29, 1.82) is 0 Å². The van der Waals surface area contributed by atoms with E-state index < -0.39 is 0 Å². The monoisotopic (exact) mass is 368 g/mol. The molecule has 2 aromatic carbocycles. The van der Waals surface area contributed by atoms with Crippen LogP contribution in [0.2, 0.25) is 0 Å². The summed E-state index contributed by atoms with van der Waals surface area (Å²) in [7, 11) is 0. The lowest BCUT2D eigenvalue weighted by molar-refractivity contribution is -0.116. The summed E-state index contributed by atoms with van der Waals surface area (Å²) in [5, 5.41) is 2.87. The molecule has 3 rings (SSSR count). The van der Waals surface area contributed by atoms with E-state index in [4.69, 9.17) is 0 Å². The number of aryl methyl sites for hydroxylation is 1. The molecule has 136 valence electrons. The van der Waals surface area contributed by atoms with Crippen LogP contribution in [0.15, 0.2) is 48.5 Å². The van der Waals surface area contributed by atoms with Crippen molar-refractivity contribution in [2.24, 2.45) is 0 Å². The number of nitrogens with zero attached hydrogens (tertiary/aromatic N) is 1. The number of hydrogen-bond donors (Lipinski definition) is 1. The number of carbonyl (C=O) groups is 2. The summed E-state index contributed by atoms with van der Waals surface area (Å²) >= 11 is 1.63. The molecule has 4 nitrogen and oxygen atoms in total. The second-order valence-electron chi connectivity index (χ2n) is 6.33. The molecule has 0 spiro atoms. The van der Waals surface area contributed by atoms with Crippen LogP contribution >= 0.6 is 11.8 Å². The van der Waals surface area contributed by atoms with Gasteiger partial charge in [-0.25, -0.2) is 0 Å². The number of amides is 2. The van der Waals surface area contributed by atoms with Gasteiger partial charge < -0.3 is 5.32 Å². The van der Waals surface area contributed by atoms with Crippen molar-refractivity contribution < 1.29 is 9.59 Å². The molecule has 2 amide bonds. The summed E-state index contributed by atoms with van der Waals surface area (Å²) in [6, 6.07) is 15.9. The molecule has 0 bridgehead atoms. The van der Waals surface area contributed by atoms with Crippen LogP contribution in [-0.2, 0) is 16.0 Å². The van der Waals surface area contributed by atoms with Gasteiger partial charge >= 0.3 is 0 Å². The SMILES string of the molecule is CCCC(=O)Nc1cccc(C2SCC(=O)N2c2ccccc2CC)c1. The molecule has 1 aliphatic heterocycles. The number of thioether (sulfide) groups is 1. The van der Waals surface area contributed by atoms with Gasteiger partial charge in [0.1, 0.15) is 5.37 Å². The maximum atomic E-state index is 12.6. The van der Waals surface area contributed by atoms with Gasteiger partial charge in [-0.1, -0.05) is 44.2 Å². The number of benzene rings is 2. The Bertz CT molecular complexity index is 806. The highest BCUT2D eigenvalue weighted by molar-refractivity contribution is 8.00. The summed E-state index contributed by atoms with van der Waals surface area (Å²) in [5.41, 5.74) is 3.96. The minimum absolute atomic E-state index is 0.0213. The second kappa shape index (κ2) is 8.41. The van der Waals surface area contributed by atoms with E-state index in [1.807, 2.05) is 54.3 Å². The van der Waals surface area contributed by atoms with Crippen molar-refractivity contribution in [2.45, 2.75) is 38.5 Å². The van der Waals surface area contributed by atoms with Crippen LogP contribution in [0.5, 0.6) is 0 Å². The number of carbonyl (C=O) groups excluding carboxylic acids is 2. The fourth-order valence-corrected chi connectivity index (χ4v) is 4.36. The average molecular weight is 369 g/mol. The fraction of sp³-hybridized carbons (Fsp3) is 0.333. The zero-order valence-electron chi connectivity index (χ0n) is 15.2. The molecule has 0 aromatic heterocycles. The molecule has 0 radical (unpaired) electrons. The first-order valence-corrected chi connectivity index (χ1v) is 10.1. The molecular formula is C21H24N2O2S. The lowest BCUT2D eigenvalue weighted by Crippen LogP contribution is -2.28. The van der Waals surface area contributed by atoms with E-state index in [0.29, 0.717) is 12.2 Å². The van der Waals surface area contributed by atoms with E-state index in [0.717, 1.165) is 29.8 Å². The lowest BCUT2D eigenvalue weighted by atomic mass is 10.1. The Kier molecular flexibility index (Phi) is 5.99. The third kappa shape index (κ3) is 3.93. The van der Waals surface area contributed by atoms with E-state index in [1.165, 1.54) is 5.56 Å². The number of para-hydroxylation sites is 1. The van der Waals surface area contributed by atoms with Gasteiger partial charge in [0.2, 0.25) is 11.8 Å². The van der Waals surface area contributed by atoms with Crippen molar-refractivity contribution in [3.8, 4) is 0 Å². The molecule has 0 aliphatic carbocycles. The lowest BCUT2D eigenvalue weighted by Gasteiger charge is -2.26. The van der Waals surface area contributed by atoms with E-state index >= 15 is 0 Å². The smallest absolute Gasteiger partial charge is 0.238 e. The van der Waals surface area contributed by atoms with Crippen LogP contribution in [0.4, 0.5) is 11.4 Å². The topological polar surface area (TPSA) is 49.4 Å². The van der Waals surface area contributed by atoms with Crippen LogP contribution in [0, 0.1) is 0 Å². The minimum Gasteiger partial charge on any atom is -0.326 e. The summed E-state index contributed by atoms with van der Waals surface area (Å²) in [6.07, 6.45) is 2.21. The van der Waals surface area contributed by atoms with Gasteiger partial charge in [-0.05, 0) is 42.2 Å². The van der Waals surface area contributed by atoms with Crippen LogP contribution in [0.25, 0.3) is 0 Å². The highest BCUT2D eigenvalue weighted by atomic mass is 32.2. The predicted molar refractivity (Wildman–Crippen MR) is 108 cm³/mol. The predicted octanol–water partition coefficient (Wildman–Crippen LogP) is 4.77. The van der Waals surface area contributed by atoms with Crippen molar-refractivity contribution >= 4 is 35.0 Å². The highest BCUT2D eigenvalue weighted by Gasteiger charge is 2.35. The van der Waals surface area contributed by atoms with Gasteiger partial charge in [0.15, 0.2) is 0 Å². The molecular weight excluding hydrogens is 344 g/mol. The molecule has 0 saturated carbocycles. The van der Waals surface area contributed by atoms with Crippen molar-refractivity contribution in [3.63, 3.8) is 0 Å². The Labute approximate surface area is 159 Å². The van der Waals surface area contributed by atoms with Crippen molar-refractivity contribution in [3.05, 3.63) is 59.7 Å². The molecule has 1 unspecified atom stereocenters. The van der Waals surface area contributed by atoms with Gasteiger partial charge in [0, 0.05) is 17.8 Å². The molecule has 1 fully saturated rings. The van der Waals surface area contributed by atoms with Gasteiger partial charge in [0.05, 0.1) is 5.75 Å². The molecule has 26 heavy (non-hydrogen) atoms. The first-order valence-electron chi connectivity index (χ1n) is 9.05. The van der Waals surface area contributed by atoms with Crippen molar-refractivity contribution in [2.75, 3.05) is 16.0 Å². The Balaban J connectivity index is 1.90. The minimum atomic E-state index is -0.0711. The molecule has 1 aliphatic rings. The van der Waals surface area contributed by atoms with Crippen LogP contribution in [0.3, 0.4) is 0 Å². The van der Waals surface area contributed by atoms with Crippen molar-refractivity contribution in [1.82, 2.24) is 0 Å². The van der Waals surface area contributed by atoms with E-state index in [1.54, 1.807) is 11.8 Å². The molecule has 1 heterocycles. The zero-order valence-corrected chi connectivity index (χ0v) is 16.0. The van der Waals surface area contributed by atoms with Crippen LogP contribution < -0.4 is 10.2 Å². The Hall–Kier alpha value is -2.27. The summed E-state index contributed by atoms with van der Waals surface area (Å²) in [4.78, 5) is 26.4. The van der Waals surface area contributed by atoms with Gasteiger partial charge in [-0.3, -0.25) is 14.5 Å². The first-order chi connectivity index (χ1) is 12.6. The molecule has 1 saturated heterocycles. The van der Waals surface area contributed by atoms with E-state index in [9.17, 15) is 9.59 Å². The third-order valence-corrected chi connectivity index (χ3v) is 5.64. The summed E-state index contributed by atoms with van der Waals surface area (Å²) < 4.78 is 0. The highest BCUT2D eigenvalue weighted by Crippen LogP contribution is 2.43. The molecule has 2 aromatic rings. The second-order valence-corrected chi connectivity index (χ2v) is 7.40. The number of nitrogens with one attached hydrogen (secondary N) is 1. The number of anilines is 2. The zero-order chi connectivity index (χ0) is 18.5. The average Bonchev–Trinajstić information content (AvgIpc) is 3.03. The van der Waals surface area contributed by atoms with Crippen LogP contribution in [-0.4, -0.2) is 17.6 Å².